The van der Waals surface area contributed by atoms with Crippen molar-refractivity contribution < 1.29 is 18.7 Å². The van der Waals surface area contributed by atoms with E-state index in [0.29, 0.717) is 30.0 Å². The number of likely N-dealkylation sites (tertiary alicyclic amines) is 2. The molecule has 2 fully saturated rings. The largest absolute Gasteiger partial charge is 0.497 e. The fraction of sp³-hybridized carbons (Fsp3) is 0.440. The number of piperidine rings is 1. The topological polar surface area (TPSA) is 88.8 Å². The normalized spacial score (nSPS) is 17.0. The Labute approximate surface area is 192 Å². The summed E-state index contributed by atoms with van der Waals surface area (Å²) < 4.78 is 11.0. The van der Waals surface area contributed by atoms with Crippen LogP contribution in [0.1, 0.15) is 64.0 Å². The molecule has 2 saturated heterocycles. The first-order valence-corrected chi connectivity index (χ1v) is 11.5. The number of rotatable bonds is 4. The fourth-order valence-electron chi connectivity index (χ4n) is 4.73. The first-order chi connectivity index (χ1) is 16.0. The molecular weight excluding hydrogens is 420 g/mol. The van der Waals surface area contributed by atoms with Gasteiger partial charge in [0.25, 0.3) is 11.8 Å². The third-order valence-electron chi connectivity index (χ3n) is 6.70. The molecule has 0 N–H and O–H groups in total. The van der Waals surface area contributed by atoms with E-state index in [-0.39, 0.29) is 17.7 Å². The Kier molecular flexibility index (Phi) is 5.74. The smallest absolute Gasteiger partial charge is 0.289 e. The van der Waals surface area contributed by atoms with Crippen molar-refractivity contribution in [1.82, 2.24) is 19.8 Å². The van der Waals surface area contributed by atoms with Gasteiger partial charge in [-0.2, -0.15) is 0 Å². The van der Waals surface area contributed by atoms with Crippen LogP contribution in [0.2, 0.25) is 0 Å². The van der Waals surface area contributed by atoms with Gasteiger partial charge in [-0.15, -0.1) is 0 Å². The van der Waals surface area contributed by atoms with Gasteiger partial charge in [0.2, 0.25) is 0 Å². The van der Waals surface area contributed by atoms with E-state index >= 15 is 0 Å². The van der Waals surface area contributed by atoms with Crippen LogP contribution >= 0.6 is 0 Å². The summed E-state index contributed by atoms with van der Waals surface area (Å²) in [6, 6.07) is 7.26. The van der Waals surface area contributed by atoms with E-state index < -0.39 is 0 Å². The van der Waals surface area contributed by atoms with Crippen molar-refractivity contribution in [1.29, 1.82) is 0 Å². The Hall–Kier alpha value is -3.42. The van der Waals surface area contributed by atoms with Gasteiger partial charge in [-0.25, -0.2) is 9.97 Å². The van der Waals surface area contributed by atoms with E-state index in [1.165, 1.54) is 0 Å². The number of furan rings is 1. The molecule has 5 rings (SSSR count). The van der Waals surface area contributed by atoms with Crippen LogP contribution in [0.3, 0.4) is 0 Å². The summed E-state index contributed by atoms with van der Waals surface area (Å²) in [6.45, 7) is 4.72. The molecule has 8 nitrogen and oxygen atoms in total. The van der Waals surface area contributed by atoms with Crippen LogP contribution < -0.4 is 4.74 Å². The standard InChI is InChI=1S/C25H28N4O4/c1-16-20(24(30)28-9-3-4-10-28)15-26-23(27-16)17-7-11-29(12-8-17)25(31)22-14-18-13-19(32-2)5-6-21(18)33-22/h5-6,13-15,17H,3-4,7-12H2,1-2H3. The molecule has 3 aromatic rings. The van der Waals surface area contributed by atoms with Gasteiger partial charge in [0, 0.05) is 43.7 Å². The molecule has 0 saturated carbocycles. The third-order valence-corrected chi connectivity index (χ3v) is 6.70. The maximum atomic E-state index is 13.0. The van der Waals surface area contributed by atoms with E-state index in [4.69, 9.17) is 9.15 Å². The molecule has 0 aliphatic carbocycles. The van der Waals surface area contributed by atoms with E-state index in [2.05, 4.69) is 9.97 Å². The minimum Gasteiger partial charge on any atom is -0.497 e. The lowest BCUT2D eigenvalue weighted by atomic mass is 9.95. The number of amides is 2. The molecule has 1 aromatic carbocycles. The maximum Gasteiger partial charge on any atom is 0.289 e. The van der Waals surface area contributed by atoms with Gasteiger partial charge < -0.3 is 19.0 Å². The van der Waals surface area contributed by atoms with Gasteiger partial charge in [-0.3, -0.25) is 9.59 Å². The van der Waals surface area contributed by atoms with Crippen molar-refractivity contribution in [3.05, 3.63) is 53.3 Å². The first kappa shape index (κ1) is 21.4. The van der Waals surface area contributed by atoms with Crippen molar-refractivity contribution in [2.45, 2.75) is 38.5 Å². The van der Waals surface area contributed by atoms with E-state index in [0.717, 1.165) is 61.4 Å². The molecule has 8 heteroatoms. The van der Waals surface area contributed by atoms with Crippen LogP contribution in [0.25, 0.3) is 11.0 Å². The molecular formula is C25H28N4O4. The highest BCUT2D eigenvalue weighted by Gasteiger charge is 2.29. The molecule has 0 bridgehead atoms. The first-order valence-electron chi connectivity index (χ1n) is 11.5. The lowest BCUT2D eigenvalue weighted by Crippen LogP contribution is -2.38. The summed E-state index contributed by atoms with van der Waals surface area (Å²) in [5, 5.41) is 0.847. The van der Waals surface area contributed by atoms with Crippen molar-refractivity contribution in [2.75, 3.05) is 33.3 Å². The predicted molar refractivity (Wildman–Crippen MR) is 123 cm³/mol. The van der Waals surface area contributed by atoms with Crippen LogP contribution in [-0.4, -0.2) is 64.9 Å². The van der Waals surface area contributed by atoms with Crippen molar-refractivity contribution in [3.63, 3.8) is 0 Å². The zero-order valence-corrected chi connectivity index (χ0v) is 19.0. The molecule has 2 aliphatic heterocycles. The molecule has 0 unspecified atom stereocenters. The number of fused-ring (bicyclic) bond motifs is 1. The highest BCUT2D eigenvalue weighted by Crippen LogP contribution is 2.29. The monoisotopic (exact) mass is 448 g/mol. The molecule has 0 spiro atoms. The Balaban J connectivity index is 1.24. The van der Waals surface area contributed by atoms with Crippen LogP contribution in [0.5, 0.6) is 5.75 Å². The number of ether oxygens (including phenoxy) is 1. The summed E-state index contributed by atoms with van der Waals surface area (Å²) in [5.41, 5.74) is 1.99. The number of carbonyl (C=O) groups is 2. The van der Waals surface area contributed by atoms with Gasteiger partial charge in [0.05, 0.1) is 18.4 Å². The average molecular weight is 449 g/mol. The summed E-state index contributed by atoms with van der Waals surface area (Å²) in [6.07, 6.45) is 5.35. The van der Waals surface area contributed by atoms with E-state index in [9.17, 15) is 9.59 Å². The van der Waals surface area contributed by atoms with Gasteiger partial charge in [-0.05, 0) is 56.9 Å². The van der Waals surface area contributed by atoms with Crippen molar-refractivity contribution >= 4 is 22.8 Å². The predicted octanol–water partition coefficient (Wildman–Crippen LogP) is 3.80. The molecule has 0 atom stereocenters. The number of aryl methyl sites for hydroxylation is 1. The second-order valence-corrected chi connectivity index (χ2v) is 8.81. The Morgan fingerprint density at radius 1 is 1.03 bits per heavy atom. The summed E-state index contributed by atoms with van der Waals surface area (Å²) in [5.74, 6) is 1.92. The van der Waals surface area contributed by atoms with E-state index in [1.807, 2.05) is 34.9 Å². The molecule has 2 aromatic heterocycles. The van der Waals surface area contributed by atoms with Crippen LogP contribution in [0.4, 0.5) is 0 Å². The Morgan fingerprint density at radius 2 is 1.76 bits per heavy atom. The van der Waals surface area contributed by atoms with Crippen LogP contribution in [-0.2, 0) is 0 Å². The number of hydrogen-bond acceptors (Lipinski definition) is 6. The molecule has 2 amide bonds. The fourth-order valence-corrected chi connectivity index (χ4v) is 4.73. The Bertz CT molecular complexity index is 1190. The summed E-state index contributed by atoms with van der Waals surface area (Å²) >= 11 is 0. The second kappa shape index (κ2) is 8.84. The minimum absolute atomic E-state index is 0.0282. The molecule has 33 heavy (non-hydrogen) atoms. The van der Waals surface area contributed by atoms with Crippen LogP contribution in [0, 0.1) is 6.92 Å². The molecule has 2 aliphatic rings. The lowest BCUT2D eigenvalue weighted by Gasteiger charge is -2.30. The number of benzene rings is 1. The lowest BCUT2D eigenvalue weighted by molar-refractivity contribution is 0.0680. The second-order valence-electron chi connectivity index (χ2n) is 8.81. The molecule has 172 valence electrons. The highest BCUT2D eigenvalue weighted by molar-refractivity contribution is 5.96. The zero-order valence-electron chi connectivity index (χ0n) is 19.0. The quantitative estimate of drug-likeness (QED) is 0.603. The van der Waals surface area contributed by atoms with Gasteiger partial charge in [-0.1, -0.05) is 0 Å². The average Bonchev–Trinajstić information content (AvgIpc) is 3.53. The number of carbonyl (C=O) groups excluding carboxylic acids is 2. The van der Waals surface area contributed by atoms with Crippen molar-refractivity contribution in [3.8, 4) is 5.75 Å². The van der Waals surface area contributed by atoms with Gasteiger partial charge in [0.15, 0.2) is 5.76 Å². The number of methoxy groups -OCH3 is 1. The highest BCUT2D eigenvalue weighted by atomic mass is 16.5. The van der Waals surface area contributed by atoms with Crippen molar-refractivity contribution in [2.24, 2.45) is 0 Å². The van der Waals surface area contributed by atoms with Gasteiger partial charge >= 0.3 is 0 Å². The zero-order chi connectivity index (χ0) is 22.9. The Morgan fingerprint density at radius 3 is 2.45 bits per heavy atom. The molecule has 0 radical (unpaired) electrons. The summed E-state index contributed by atoms with van der Waals surface area (Å²) in [4.78, 5) is 38.6. The number of nitrogens with zero attached hydrogens (tertiary/aromatic N) is 4. The minimum atomic E-state index is -0.104. The van der Waals surface area contributed by atoms with Gasteiger partial charge in [0.1, 0.15) is 17.2 Å². The SMILES string of the molecule is COc1ccc2oc(C(=O)N3CCC(c4ncc(C(=O)N5CCCC5)c(C)n4)CC3)cc2c1. The van der Waals surface area contributed by atoms with E-state index in [1.54, 1.807) is 19.4 Å². The third kappa shape index (κ3) is 4.17. The molecule has 4 heterocycles. The van der Waals surface area contributed by atoms with Crippen LogP contribution in [0.15, 0.2) is 34.9 Å². The number of aromatic nitrogens is 2. The maximum absolute atomic E-state index is 13.0. The number of hydrogen-bond donors (Lipinski definition) is 0. The summed E-state index contributed by atoms with van der Waals surface area (Å²) in [7, 11) is 1.61.